The van der Waals surface area contributed by atoms with Gasteiger partial charge in [-0.2, -0.15) is 0 Å². The number of nitro groups is 1. The van der Waals surface area contributed by atoms with Gasteiger partial charge in [-0.3, -0.25) is 10.1 Å². The highest BCUT2D eigenvalue weighted by atomic mass is 32.2. The Morgan fingerprint density at radius 2 is 1.85 bits per heavy atom. The summed E-state index contributed by atoms with van der Waals surface area (Å²) in [7, 11) is -3.68. The third kappa shape index (κ3) is 4.04. The number of benzene rings is 2. The third-order valence-corrected chi connectivity index (χ3v) is 6.19. The van der Waals surface area contributed by atoms with Crippen LogP contribution in [0.5, 0.6) is 0 Å². The Kier molecular flexibility index (Phi) is 5.00. The summed E-state index contributed by atoms with van der Waals surface area (Å²) in [6, 6.07) is 14.5. The molecule has 0 bridgehead atoms. The van der Waals surface area contributed by atoms with Crippen molar-refractivity contribution >= 4 is 21.2 Å². The Morgan fingerprint density at radius 3 is 2.38 bits per heavy atom. The number of nitrogens with zero attached hydrogens (tertiary/aromatic N) is 1. The topological polar surface area (TPSA) is 89.3 Å². The molecule has 1 saturated carbocycles. The summed E-state index contributed by atoms with van der Waals surface area (Å²) in [5.74, 6) is 0. The maximum Gasteiger partial charge on any atom is 0.288 e. The van der Waals surface area contributed by atoms with Crippen LogP contribution in [0.4, 0.5) is 11.4 Å². The van der Waals surface area contributed by atoms with Gasteiger partial charge >= 0.3 is 0 Å². The molecule has 0 aromatic heterocycles. The molecule has 1 fully saturated rings. The highest BCUT2D eigenvalue weighted by Crippen LogP contribution is 2.44. The third-order valence-electron chi connectivity index (χ3n) is 5.06. The minimum atomic E-state index is -3.68. The number of rotatable bonds is 7. The molecule has 2 aromatic rings. The van der Waals surface area contributed by atoms with Crippen molar-refractivity contribution < 1.29 is 13.3 Å². The predicted octanol–water partition coefficient (Wildman–Crippen LogP) is 3.82. The molecule has 0 spiro atoms. The van der Waals surface area contributed by atoms with Gasteiger partial charge in [0.15, 0.2) is 9.84 Å². The SMILES string of the molecule is CS(=O)(=O)c1cc(NCC2(Cc3ccccc3)CCC2)ccc1[N+](=O)[O-]. The van der Waals surface area contributed by atoms with Crippen LogP contribution in [0, 0.1) is 15.5 Å². The van der Waals surface area contributed by atoms with Crippen LogP contribution in [0.1, 0.15) is 24.8 Å². The Balaban J connectivity index is 1.77. The van der Waals surface area contributed by atoms with Gasteiger partial charge in [-0.25, -0.2) is 8.42 Å². The second kappa shape index (κ2) is 7.07. The number of hydrogen-bond acceptors (Lipinski definition) is 5. The number of hydrogen-bond donors (Lipinski definition) is 1. The van der Waals surface area contributed by atoms with E-state index in [2.05, 4.69) is 17.4 Å². The second-order valence-corrected chi connectivity index (χ2v) is 9.07. The Labute approximate surface area is 153 Å². The monoisotopic (exact) mass is 374 g/mol. The van der Waals surface area contributed by atoms with Crippen molar-refractivity contribution in [3.05, 3.63) is 64.2 Å². The molecular formula is C19H22N2O4S. The van der Waals surface area contributed by atoms with Gasteiger partial charge in [-0.05, 0) is 42.4 Å². The van der Waals surface area contributed by atoms with Gasteiger partial charge in [0.1, 0.15) is 4.90 Å². The molecule has 6 nitrogen and oxygen atoms in total. The van der Waals surface area contributed by atoms with Crippen LogP contribution in [0.15, 0.2) is 53.4 Å². The number of anilines is 1. The molecular weight excluding hydrogens is 352 g/mol. The molecule has 1 aliphatic carbocycles. The Morgan fingerprint density at radius 1 is 1.15 bits per heavy atom. The van der Waals surface area contributed by atoms with Crippen molar-refractivity contribution in [1.82, 2.24) is 0 Å². The van der Waals surface area contributed by atoms with E-state index in [0.717, 1.165) is 25.5 Å². The summed E-state index contributed by atoms with van der Waals surface area (Å²) in [6.45, 7) is 0.711. The second-order valence-electron chi connectivity index (χ2n) is 7.08. The highest BCUT2D eigenvalue weighted by Gasteiger charge is 2.36. The zero-order valence-electron chi connectivity index (χ0n) is 14.6. The molecule has 26 heavy (non-hydrogen) atoms. The van der Waals surface area contributed by atoms with Crippen LogP contribution < -0.4 is 5.32 Å². The van der Waals surface area contributed by atoms with Crippen LogP contribution in [0.2, 0.25) is 0 Å². The largest absolute Gasteiger partial charge is 0.384 e. The van der Waals surface area contributed by atoms with Gasteiger partial charge in [-0.15, -0.1) is 0 Å². The summed E-state index contributed by atoms with van der Waals surface area (Å²) < 4.78 is 23.8. The lowest BCUT2D eigenvalue weighted by atomic mass is 9.65. The van der Waals surface area contributed by atoms with E-state index >= 15 is 0 Å². The smallest absolute Gasteiger partial charge is 0.288 e. The summed E-state index contributed by atoms with van der Waals surface area (Å²) in [4.78, 5) is 10.2. The molecule has 0 unspecified atom stereocenters. The van der Waals surface area contributed by atoms with E-state index in [9.17, 15) is 18.5 Å². The van der Waals surface area contributed by atoms with Crippen molar-refractivity contribution in [1.29, 1.82) is 0 Å². The molecule has 0 heterocycles. The van der Waals surface area contributed by atoms with Gasteiger partial charge in [0, 0.05) is 24.6 Å². The van der Waals surface area contributed by atoms with Crippen molar-refractivity contribution in [3.63, 3.8) is 0 Å². The first-order valence-electron chi connectivity index (χ1n) is 8.55. The van der Waals surface area contributed by atoms with Crippen molar-refractivity contribution in [3.8, 4) is 0 Å². The van der Waals surface area contributed by atoms with Crippen LogP contribution in [-0.4, -0.2) is 26.1 Å². The fourth-order valence-corrected chi connectivity index (χ4v) is 4.35. The standard InChI is InChI=1S/C19H22N2O4S/c1-26(24,25)18-12-16(8-9-17(18)21(22)23)20-14-19(10-5-11-19)13-15-6-3-2-4-7-15/h2-4,6-9,12,20H,5,10-11,13-14H2,1H3. The molecule has 0 saturated heterocycles. The predicted molar refractivity (Wildman–Crippen MR) is 101 cm³/mol. The normalized spacial score (nSPS) is 15.9. The molecule has 1 aliphatic rings. The van der Waals surface area contributed by atoms with E-state index in [0.29, 0.717) is 12.2 Å². The van der Waals surface area contributed by atoms with Crippen LogP contribution >= 0.6 is 0 Å². The van der Waals surface area contributed by atoms with Crippen LogP contribution in [-0.2, 0) is 16.3 Å². The summed E-state index contributed by atoms with van der Waals surface area (Å²) in [5, 5.41) is 14.4. The lowest BCUT2D eigenvalue weighted by molar-refractivity contribution is -0.387. The van der Waals surface area contributed by atoms with E-state index in [-0.39, 0.29) is 16.0 Å². The Bertz CT molecular complexity index is 906. The van der Waals surface area contributed by atoms with Gasteiger partial charge < -0.3 is 5.32 Å². The number of nitrogens with one attached hydrogen (secondary N) is 1. The maximum absolute atomic E-state index is 11.9. The lowest BCUT2D eigenvalue weighted by Gasteiger charge is -2.42. The summed E-state index contributed by atoms with van der Waals surface area (Å²) in [6.07, 6.45) is 5.36. The molecule has 2 aromatic carbocycles. The first-order chi connectivity index (χ1) is 12.3. The molecule has 1 N–H and O–H groups in total. The first kappa shape index (κ1) is 18.4. The molecule has 3 rings (SSSR count). The fraction of sp³-hybridized carbons (Fsp3) is 0.368. The maximum atomic E-state index is 11.9. The Hall–Kier alpha value is -2.41. The van der Waals surface area contributed by atoms with Crippen molar-refractivity contribution in [2.24, 2.45) is 5.41 Å². The lowest BCUT2D eigenvalue weighted by Crippen LogP contribution is -2.38. The molecule has 0 aliphatic heterocycles. The molecule has 0 radical (unpaired) electrons. The number of nitro benzene ring substituents is 1. The highest BCUT2D eigenvalue weighted by molar-refractivity contribution is 7.90. The minimum Gasteiger partial charge on any atom is -0.384 e. The molecule has 138 valence electrons. The first-order valence-corrected chi connectivity index (χ1v) is 10.4. The van der Waals surface area contributed by atoms with Gasteiger partial charge in [0.25, 0.3) is 5.69 Å². The zero-order valence-corrected chi connectivity index (χ0v) is 15.5. The van der Waals surface area contributed by atoms with Gasteiger partial charge in [-0.1, -0.05) is 36.8 Å². The average Bonchev–Trinajstić information content (AvgIpc) is 2.57. The molecule has 0 atom stereocenters. The average molecular weight is 374 g/mol. The van der Waals surface area contributed by atoms with E-state index in [1.54, 1.807) is 6.07 Å². The van der Waals surface area contributed by atoms with Gasteiger partial charge in [0.2, 0.25) is 0 Å². The van der Waals surface area contributed by atoms with E-state index < -0.39 is 14.8 Å². The van der Waals surface area contributed by atoms with E-state index in [1.807, 2.05) is 18.2 Å². The number of sulfone groups is 1. The molecule has 0 amide bonds. The van der Waals surface area contributed by atoms with E-state index in [1.165, 1.54) is 24.1 Å². The van der Waals surface area contributed by atoms with Crippen molar-refractivity contribution in [2.45, 2.75) is 30.6 Å². The van der Waals surface area contributed by atoms with Gasteiger partial charge in [0.05, 0.1) is 4.92 Å². The van der Waals surface area contributed by atoms with E-state index in [4.69, 9.17) is 0 Å². The van der Waals surface area contributed by atoms with Crippen molar-refractivity contribution in [2.75, 3.05) is 18.1 Å². The fourth-order valence-electron chi connectivity index (χ4n) is 3.48. The summed E-state index contributed by atoms with van der Waals surface area (Å²) in [5.41, 5.74) is 1.64. The summed E-state index contributed by atoms with van der Waals surface area (Å²) >= 11 is 0. The minimum absolute atomic E-state index is 0.147. The zero-order chi connectivity index (χ0) is 18.8. The molecule has 7 heteroatoms. The quantitative estimate of drug-likeness (QED) is 0.588. The van der Waals surface area contributed by atoms with Crippen LogP contribution in [0.25, 0.3) is 0 Å². The van der Waals surface area contributed by atoms with Crippen LogP contribution in [0.3, 0.4) is 0 Å².